The van der Waals surface area contributed by atoms with Crippen molar-refractivity contribution < 1.29 is 8.83 Å². The van der Waals surface area contributed by atoms with E-state index in [2.05, 4.69) is 244 Å². The summed E-state index contributed by atoms with van der Waals surface area (Å²) in [7, 11) is 0. The third-order valence-corrected chi connectivity index (χ3v) is 15.9. The molecule has 75 heavy (non-hydrogen) atoms. The van der Waals surface area contributed by atoms with Crippen LogP contribution in [-0.4, -0.2) is 0 Å². The van der Waals surface area contributed by atoms with Gasteiger partial charge in [0.25, 0.3) is 0 Å². The summed E-state index contributed by atoms with van der Waals surface area (Å²) in [6.07, 6.45) is 4.13. The van der Waals surface area contributed by atoms with E-state index >= 15 is 0 Å². The highest BCUT2D eigenvalue weighted by Crippen LogP contribution is 2.51. The predicted octanol–water partition coefficient (Wildman–Crippen LogP) is 20.8. The zero-order valence-corrected chi connectivity index (χ0v) is 41.2. The van der Waals surface area contributed by atoms with Crippen molar-refractivity contribution in [2.75, 3.05) is 0 Å². The number of hydrogen-bond acceptors (Lipinski definition) is 2. The molecule has 350 valence electrons. The quantitative estimate of drug-likeness (QED) is 0.118. The molecule has 0 radical (unpaired) electrons. The molecule has 0 aliphatic carbocycles. The van der Waals surface area contributed by atoms with Gasteiger partial charge in [-0.1, -0.05) is 219 Å². The Balaban J connectivity index is 1.13. The molecule has 2 heteroatoms. The van der Waals surface area contributed by atoms with Crippen LogP contribution in [0.1, 0.15) is 16.7 Å². The van der Waals surface area contributed by atoms with Gasteiger partial charge in [0.15, 0.2) is 0 Å². The Morgan fingerprint density at radius 3 is 1.29 bits per heavy atom. The number of fused-ring (bicyclic) bond motifs is 11. The van der Waals surface area contributed by atoms with Crippen molar-refractivity contribution in [2.45, 2.75) is 6.92 Å². The molecule has 0 fully saturated rings. The molecular weight excluding hydrogens is 909 g/mol. The minimum atomic E-state index is 0.850. The standard InChI is InChI=1S/C73H46O2/c1-3-19-49(55-36-17-40-68-71(55)60-26-8-10-38-66(60)74-68)62-42-63-54(56-37-18-41-69-72(56)61-27-9-11-39-67(61)75-69)32-16-33-57(63)70(44(62)2)73-58-34-14-30-52(50-28-12-22-45-20-4-6-24-47(45)50)64(58)43-65-53(31-15-35-59(65)73)51-29-13-23-46-21-5-7-25-48(46)51/h3-43H,1H2,2H3/b49-19-. The van der Waals surface area contributed by atoms with Gasteiger partial charge in [-0.05, 0) is 164 Å². The Hall–Kier alpha value is -9.76. The molecule has 0 N–H and O–H groups in total. The lowest BCUT2D eigenvalue weighted by Crippen LogP contribution is -1.99. The van der Waals surface area contributed by atoms with Crippen LogP contribution < -0.4 is 0 Å². The lowest BCUT2D eigenvalue weighted by Gasteiger charge is -2.24. The third-order valence-electron chi connectivity index (χ3n) is 15.9. The fraction of sp³-hybridized carbons (Fsp3) is 0.0137. The van der Waals surface area contributed by atoms with Crippen LogP contribution in [0, 0.1) is 6.92 Å². The third kappa shape index (κ3) is 6.53. The topological polar surface area (TPSA) is 26.3 Å². The molecule has 15 aromatic rings. The average molecular weight is 955 g/mol. The highest BCUT2D eigenvalue weighted by Gasteiger charge is 2.26. The summed E-state index contributed by atoms with van der Waals surface area (Å²) < 4.78 is 13.2. The fourth-order valence-corrected chi connectivity index (χ4v) is 12.6. The lowest BCUT2D eigenvalue weighted by molar-refractivity contribution is 0.668. The average Bonchev–Trinajstić information content (AvgIpc) is 4.05. The van der Waals surface area contributed by atoms with Crippen molar-refractivity contribution in [3.63, 3.8) is 0 Å². The van der Waals surface area contributed by atoms with Crippen molar-refractivity contribution >= 4 is 103 Å². The largest absolute Gasteiger partial charge is 0.456 e. The molecule has 0 amide bonds. The van der Waals surface area contributed by atoms with Crippen molar-refractivity contribution in [1.82, 2.24) is 0 Å². The molecule has 2 heterocycles. The van der Waals surface area contributed by atoms with Crippen LogP contribution >= 0.6 is 0 Å². The Morgan fingerprint density at radius 1 is 0.320 bits per heavy atom. The van der Waals surface area contributed by atoms with Crippen molar-refractivity contribution in [3.05, 3.63) is 272 Å². The summed E-state index contributed by atoms with van der Waals surface area (Å²) in [5.41, 5.74) is 17.4. The van der Waals surface area contributed by atoms with E-state index in [9.17, 15) is 0 Å². The van der Waals surface area contributed by atoms with E-state index in [1.807, 2.05) is 18.2 Å². The van der Waals surface area contributed by atoms with Gasteiger partial charge >= 0.3 is 0 Å². The van der Waals surface area contributed by atoms with E-state index in [0.717, 1.165) is 77.1 Å². The van der Waals surface area contributed by atoms with Crippen LogP contribution in [0.2, 0.25) is 0 Å². The number of hydrogen-bond donors (Lipinski definition) is 0. The van der Waals surface area contributed by atoms with Gasteiger partial charge in [0.2, 0.25) is 0 Å². The predicted molar refractivity (Wildman–Crippen MR) is 319 cm³/mol. The van der Waals surface area contributed by atoms with Gasteiger partial charge in [0.05, 0.1) is 0 Å². The molecule has 2 nitrogen and oxygen atoms in total. The number of allylic oxidation sites excluding steroid dienone is 2. The van der Waals surface area contributed by atoms with Gasteiger partial charge in [0.1, 0.15) is 22.3 Å². The van der Waals surface area contributed by atoms with Gasteiger partial charge < -0.3 is 8.83 Å². The maximum Gasteiger partial charge on any atom is 0.136 e. The maximum absolute atomic E-state index is 6.58. The minimum absolute atomic E-state index is 0.850. The van der Waals surface area contributed by atoms with E-state index in [1.165, 1.54) is 87.4 Å². The van der Waals surface area contributed by atoms with Gasteiger partial charge in [0, 0.05) is 21.5 Å². The first kappa shape index (κ1) is 42.9. The van der Waals surface area contributed by atoms with E-state index < -0.39 is 0 Å². The van der Waals surface area contributed by atoms with Crippen molar-refractivity contribution in [2.24, 2.45) is 0 Å². The molecule has 0 spiro atoms. The zero-order chi connectivity index (χ0) is 49.7. The van der Waals surface area contributed by atoms with Gasteiger partial charge in [-0.2, -0.15) is 0 Å². The first-order valence-electron chi connectivity index (χ1n) is 25.8. The molecule has 0 unspecified atom stereocenters. The highest BCUT2D eigenvalue weighted by molar-refractivity contribution is 6.26. The highest BCUT2D eigenvalue weighted by atomic mass is 16.3. The van der Waals surface area contributed by atoms with Crippen LogP contribution in [0.3, 0.4) is 0 Å². The molecule has 0 atom stereocenters. The Morgan fingerprint density at radius 2 is 0.707 bits per heavy atom. The number of rotatable bonds is 7. The SMILES string of the molecule is C=C/C=C(\c1cc2c(-c3cccc4oc5ccccc5c34)cccc2c(-c2c3cccc(-c4cccc5ccccc45)c3cc3c(-c4cccc5ccccc45)cccc23)c1C)c1cccc2oc3ccccc3c12. The molecule has 15 rings (SSSR count). The summed E-state index contributed by atoms with van der Waals surface area (Å²) in [6.45, 7) is 6.70. The second-order valence-electron chi connectivity index (χ2n) is 19.8. The number of benzene rings is 13. The number of furan rings is 2. The van der Waals surface area contributed by atoms with E-state index in [1.54, 1.807) is 0 Å². The van der Waals surface area contributed by atoms with Crippen LogP contribution in [0.25, 0.3) is 148 Å². The number of para-hydroxylation sites is 2. The molecular formula is C73H46O2. The van der Waals surface area contributed by atoms with Gasteiger partial charge in [-0.25, -0.2) is 0 Å². The molecule has 0 aliphatic rings. The summed E-state index contributed by atoms with van der Waals surface area (Å²) in [6, 6.07) is 86.3. The van der Waals surface area contributed by atoms with Gasteiger partial charge in [-0.15, -0.1) is 0 Å². The first-order valence-corrected chi connectivity index (χ1v) is 25.8. The van der Waals surface area contributed by atoms with Crippen molar-refractivity contribution in [1.29, 1.82) is 0 Å². The summed E-state index contributed by atoms with van der Waals surface area (Å²) in [5.74, 6) is 0. The second kappa shape index (κ2) is 16.9. The Kier molecular flexibility index (Phi) is 9.67. The first-order chi connectivity index (χ1) is 37.1. The Labute approximate surface area is 433 Å². The molecule has 0 saturated heterocycles. The van der Waals surface area contributed by atoms with E-state index in [-0.39, 0.29) is 0 Å². The second-order valence-corrected chi connectivity index (χ2v) is 19.8. The summed E-state index contributed by atoms with van der Waals surface area (Å²) >= 11 is 0. The van der Waals surface area contributed by atoms with Gasteiger partial charge in [-0.3, -0.25) is 0 Å². The van der Waals surface area contributed by atoms with Crippen LogP contribution in [0.15, 0.2) is 264 Å². The van der Waals surface area contributed by atoms with E-state index in [4.69, 9.17) is 8.83 Å². The molecule has 0 saturated carbocycles. The van der Waals surface area contributed by atoms with E-state index in [0.29, 0.717) is 0 Å². The normalized spacial score (nSPS) is 12.2. The molecule has 2 aromatic heterocycles. The smallest absolute Gasteiger partial charge is 0.136 e. The van der Waals surface area contributed by atoms with Crippen molar-refractivity contribution in [3.8, 4) is 44.5 Å². The molecule has 0 aliphatic heterocycles. The Bertz CT molecular complexity index is 4770. The maximum atomic E-state index is 6.58. The monoisotopic (exact) mass is 954 g/mol. The fourth-order valence-electron chi connectivity index (χ4n) is 12.6. The minimum Gasteiger partial charge on any atom is -0.456 e. The zero-order valence-electron chi connectivity index (χ0n) is 41.2. The lowest BCUT2D eigenvalue weighted by atomic mass is 9.79. The van der Waals surface area contributed by atoms with Crippen LogP contribution in [0.5, 0.6) is 0 Å². The van der Waals surface area contributed by atoms with Crippen LogP contribution in [-0.2, 0) is 0 Å². The molecule has 0 bridgehead atoms. The molecule has 13 aromatic carbocycles. The summed E-state index contributed by atoms with van der Waals surface area (Å²) in [4.78, 5) is 0. The summed E-state index contributed by atoms with van der Waals surface area (Å²) in [5, 5.41) is 16.3. The van der Waals surface area contributed by atoms with Crippen LogP contribution in [0.4, 0.5) is 0 Å².